The highest BCUT2D eigenvalue weighted by Gasteiger charge is 2.08. The van der Waals surface area contributed by atoms with Crippen LogP contribution in [0.15, 0.2) is 59.1 Å². The van der Waals surface area contributed by atoms with Crippen LogP contribution in [-0.4, -0.2) is 5.91 Å². The molecule has 1 amide bonds. The highest BCUT2D eigenvalue weighted by Crippen LogP contribution is 2.19. The minimum atomic E-state index is -0.144. The zero-order valence-electron chi connectivity index (χ0n) is 11.3. The van der Waals surface area contributed by atoms with E-state index in [1.54, 1.807) is 0 Å². The first-order valence-corrected chi connectivity index (χ1v) is 7.31. The molecule has 0 unspecified atom stereocenters. The molecule has 0 atom stereocenters. The van der Waals surface area contributed by atoms with E-state index in [-0.39, 0.29) is 5.91 Å². The summed E-state index contributed by atoms with van der Waals surface area (Å²) in [7, 11) is 0. The largest absolute Gasteiger partial charge is 0.321 e. The number of aryl methyl sites for hydroxylation is 1. The minimum absolute atomic E-state index is 0.144. The number of benzene rings is 2. The summed E-state index contributed by atoms with van der Waals surface area (Å²) in [4.78, 5) is 12.2. The zero-order chi connectivity index (χ0) is 14.4. The highest BCUT2D eigenvalue weighted by atomic mass is 79.9. The first kappa shape index (κ1) is 14.5. The molecular weight excluding hydrogens is 314 g/mol. The van der Waals surface area contributed by atoms with Gasteiger partial charge in [0.25, 0.3) is 5.91 Å². The number of amides is 1. The van der Waals surface area contributed by atoms with Gasteiger partial charge in [0.05, 0.1) is 4.48 Å². The summed E-state index contributed by atoms with van der Waals surface area (Å²) < 4.78 is 0.509. The van der Waals surface area contributed by atoms with Crippen molar-refractivity contribution in [3.05, 3.63) is 70.2 Å². The van der Waals surface area contributed by atoms with Crippen molar-refractivity contribution < 1.29 is 4.79 Å². The molecule has 20 heavy (non-hydrogen) atoms. The summed E-state index contributed by atoms with van der Waals surface area (Å²) in [5.74, 6) is -0.144. The van der Waals surface area contributed by atoms with Crippen LogP contribution in [0.4, 0.5) is 5.69 Å². The molecule has 0 spiro atoms. The van der Waals surface area contributed by atoms with Gasteiger partial charge in [0.2, 0.25) is 0 Å². The van der Waals surface area contributed by atoms with Crippen molar-refractivity contribution in [1.29, 1.82) is 0 Å². The molecule has 2 nitrogen and oxygen atoms in total. The molecule has 2 rings (SSSR count). The Labute approximate surface area is 127 Å². The second-order valence-corrected chi connectivity index (χ2v) is 5.22. The van der Waals surface area contributed by atoms with Crippen LogP contribution in [0.5, 0.6) is 0 Å². The quantitative estimate of drug-likeness (QED) is 0.814. The van der Waals surface area contributed by atoms with Gasteiger partial charge in [0, 0.05) is 5.69 Å². The smallest absolute Gasteiger partial charge is 0.262 e. The summed E-state index contributed by atoms with van der Waals surface area (Å²) in [5, 5.41) is 2.93. The second-order valence-electron chi connectivity index (χ2n) is 4.37. The third-order valence-corrected chi connectivity index (χ3v) is 3.55. The maximum Gasteiger partial charge on any atom is 0.262 e. The molecule has 3 heteroatoms. The van der Waals surface area contributed by atoms with Crippen molar-refractivity contribution in [2.45, 2.75) is 13.3 Å². The average Bonchev–Trinajstić information content (AvgIpc) is 2.48. The Bertz CT molecular complexity index is 620. The molecule has 0 fully saturated rings. The third kappa shape index (κ3) is 3.81. The Balaban J connectivity index is 2.14. The van der Waals surface area contributed by atoms with Crippen LogP contribution < -0.4 is 5.32 Å². The minimum Gasteiger partial charge on any atom is -0.321 e. The molecular formula is C17H16BrNO. The summed E-state index contributed by atoms with van der Waals surface area (Å²) in [6, 6.07) is 17.6. The fraction of sp³-hybridized carbons (Fsp3) is 0.118. The lowest BCUT2D eigenvalue weighted by Gasteiger charge is -2.09. The van der Waals surface area contributed by atoms with Gasteiger partial charge in [-0.25, -0.2) is 0 Å². The van der Waals surface area contributed by atoms with Crippen molar-refractivity contribution in [3.63, 3.8) is 0 Å². The lowest BCUT2D eigenvalue weighted by Crippen LogP contribution is -2.12. The summed E-state index contributed by atoms with van der Waals surface area (Å²) in [6.07, 6.45) is 2.69. The van der Waals surface area contributed by atoms with Crippen LogP contribution in [0.2, 0.25) is 0 Å². The topological polar surface area (TPSA) is 29.1 Å². The predicted octanol–water partition coefficient (Wildman–Crippen LogP) is 4.62. The molecule has 0 bridgehead atoms. The molecule has 2 aromatic rings. The van der Waals surface area contributed by atoms with Gasteiger partial charge in [-0.05, 0) is 45.6 Å². The number of rotatable bonds is 4. The summed E-state index contributed by atoms with van der Waals surface area (Å²) in [5.41, 5.74) is 2.97. The molecule has 0 radical (unpaired) electrons. The number of halogens is 1. The van der Waals surface area contributed by atoms with Gasteiger partial charge in [-0.15, -0.1) is 0 Å². The van der Waals surface area contributed by atoms with E-state index in [2.05, 4.69) is 28.2 Å². The zero-order valence-corrected chi connectivity index (χ0v) is 12.9. The van der Waals surface area contributed by atoms with E-state index in [1.807, 2.05) is 60.7 Å². The maximum atomic E-state index is 12.2. The maximum absolute atomic E-state index is 12.2. The van der Waals surface area contributed by atoms with E-state index >= 15 is 0 Å². The van der Waals surface area contributed by atoms with Crippen molar-refractivity contribution >= 4 is 33.6 Å². The first-order chi connectivity index (χ1) is 9.70. The van der Waals surface area contributed by atoms with Gasteiger partial charge in [0.1, 0.15) is 0 Å². The van der Waals surface area contributed by atoms with Crippen LogP contribution in [0.3, 0.4) is 0 Å². The van der Waals surface area contributed by atoms with Crippen LogP contribution in [0.1, 0.15) is 18.1 Å². The molecule has 102 valence electrons. The third-order valence-electron chi connectivity index (χ3n) is 2.96. The molecule has 1 N–H and O–H groups in total. The van der Waals surface area contributed by atoms with E-state index in [9.17, 15) is 4.79 Å². The Morgan fingerprint density at radius 2 is 1.75 bits per heavy atom. The number of carbonyl (C=O) groups excluding carboxylic acids is 1. The van der Waals surface area contributed by atoms with Crippen molar-refractivity contribution in [1.82, 2.24) is 0 Å². The standard InChI is InChI=1S/C17H16BrNO/c1-2-14-10-6-7-11-16(14)19-17(20)15(18)12-13-8-4-3-5-9-13/h3-12H,2H2,1H3,(H,19,20). The van der Waals surface area contributed by atoms with Crippen LogP contribution in [0, 0.1) is 0 Å². The van der Waals surface area contributed by atoms with E-state index < -0.39 is 0 Å². The van der Waals surface area contributed by atoms with Crippen molar-refractivity contribution in [2.24, 2.45) is 0 Å². The SMILES string of the molecule is CCc1ccccc1NC(=O)C(Br)=Cc1ccccc1. The summed E-state index contributed by atoms with van der Waals surface area (Å²) >= 11 is 3.33. The van der Waals surface area contributed by atoms with Crippen LogP contribution in [-0.2, 0) is 11.2 Å². The van der Waals surface area contributed by atoms with E-state index in [1.165, 1.54) is 0 Å². The predicted molar refractivity (Wildman–Crippen MR) is 87.8 cm³/mol. The van der Waals surface area contributed by atoms with Gasteiger partial charge >= 0.3 is 0 Å². The molecule has 0 aromatic heterocycles. The number of hydrogen-bond donors (Lipinski definition) is 1. The fourth-order valence-corrected chi connectivity index (χ4v) is 2.26. The van der Waals surface area contributed by atoms with Gasteiger partial charge in [0.15, 0.2) is 0 Å². The number of para-hydroxylation sites is 1. The Morgan fingerprint density at radius 1 is 1.10 bits per heavy atom. The Morgan fingerprint density at radius 3 is 2.45 bits per heavy atom. The fourth-order valence-electron chi connectivity index (χ4n) is 1.89. The lowest BCUT2D eigenvalue weighted by molar-refractivity contribution is -0.112. The number of nitrogens with one attached hydrogen (secondary N) is 1. The second kappa shape index (κ2) is 7.06. The van der Waals surface area contributed by atoms with Gasteiger partial charge < -0.3 is 5.32 Å². The normalized spacial score (nSPS) is 11.2. The van der Waals surface area contributed by atoms with E-state index in [0.717, 1.165) is 23.2 Å². The van der Waals surface area contributed by atoms with Crippen molar-refractivity contribution in [3.8, 4) is 0 Å². The van der Waals surface area contributed by atoms with Crippen molar-refractivity contribution in [2.75, 3.05) is 5.32 Å². The highest BCUT2D eigenvalue weighted by molar-refractivity contribution is 9.12. The molecule has 0 saturated heterocycles. The molecule has 2 aromatic carbocycles. The van der Waals surface area contributed by atoms with Gasteiger partial charge in [-0.1, -0.05) is 55.5 Å². The lowest BCUT2D eigenvalue weighted by atomic mass is 10.1. The van der Waals surface area contributed by atoms with Crippen LogP contribution >= 0.6 is 15.9 Å². The number of carbonyl (C=O) groups is 1. The average molecular weight is 330 g/mol. The summed E-state index contributed by atoms with van der Waals surface area (Å²) in [6.45, 7) is 2.07. The van der Waals surface area contributed by atoms with Gasteiger partial charge in [-0.3, -0.25) is 4.79 Å². The molecule has 0 heterocycles. The molecule has 0 saturated carbocycles. The Hall–Kier alpha value is -1.87. The molecule has 0 aliphatic heterocycles. The van der Waals surface area contributed by atoms with E-state index in [4.69, 9.17) is 0 Å². The molecule has 0 aliphatic carbocycles. The number of hydrogen-bond acceptors (Lipinski definition) is 1. The first-order valence-electron chi connectivity index (χ1n) is 6.52. The monoisotopic (exact) mass is 329 g/mol. The number of anilines is 1. The molecule has 0 aliphatic rings. The van der Waals surface area contributed by atoms with Gasteiger partial charge in [-0.2, -0.15) is 0 Å². The Kier molecular flexibility index (Phi) is 5.13. The van der Waals surface area contributed by atoms with Crippen LogP contribution in [0.25, 0.3) is 6.08 Å². The van der Waals surface area contributed by atoms with E-state index in [0.29, 0.717) is 4.48 Å².